The van der Waals surface area contributed by atoms with E-state index in [-0.39, 0.29) is 12.1 Å². The molecule has 0 amide bonds. The molecule has 0 aromatic heterocycles. The number of rotatable bonds is 2. The van der Waals surface area contributed by atoms with Gasteiger partial charge < -0.3 is 0 Å². The Bertz CT molecular complexity index is 1270. The normalized spacial score (nSPS) is 30.4. The van der Waals surface area contributed by atoms with E-state index in [1.165, 1.54) is 0 Å². The van der Waals surface area contributed by atoms with Crippen molar-refractivity contribution in [2.45, 2.75) is 23.3 Å². The summed E-state index contributed by atoms with van der Waals surface area (Å²) in [6.45, 7) is 0. The van der Waals surface area contributed by atoms with Crippen LogP contribution in [0.3, 0.4) is 0 Å². The maximum Gasteiger partial charge on any atom is 0.173 e. The molecular weight excluding hydrogens is 396 g/mol. The molecule has 8 rings (SSSR count). The lowest BCUT2D eigenvalue weighted by molar-refractivity contribution is -0.0384. The molecule has 0 N–H and O–H groups in total. The highest BCUT2D eigenvalue weighted by molar-refractivity contribution is 5.76. The highest BCUT2D eigenvalue weighted by Gasteiger charge is 2.78. The van der Waals surface area contributed by atoms with Gasteiger partial charge in [0.2, 0.25) is 0 Å². The predicted molar refractivity (Wildman–Crippen MR) is 122 cm³/mol. The zero-order valence-electron chi connectivity index (χ0n) is 17.3. The second-order valence-corrected chi connectivity index (χ2v) is 8.96. The standard InChI is InChI=1S/C28H20N2O2/c1-3-11-19(12-4-1)27-21-15-7-9-17-23(21)29-25(27)26-28(32-29,20-13-5-2-6-14-20)22-16-8-10-18-24(22)30(26)31-27/h1-18,25-26H. The molecule has 0 spiro atoms. The van der Waals surface area contributed by atoms with E-state index in [0.717, 1.165) is 33.6 Å². The van der Waals surface area contributed by atoms with Crippen molar-refractivity contribution in [1.29, 1.82) is 0 Å². The maximum atomic E-state index is 7.09. The van der Waals surface area contributed by atoms with E-state index in [1.54, 1.807) is 0 Å². The lowest BCUT2D eigenvalue weighted by Gasteiger charge is -2.29. The van der Waals surface area contributed by atoms with Gasteiger partial charge in [0.1, 0.15) is 12.1 Å². The molecule has 4 nitrogen and oxygen atoms in total. The summed E-state index contributed by atoms with van der Waals surface area (Å²) in [6, 6.07) is 38.2. The van der Waals surface area contributed by atoms with Crippen LogP contribution in [-0.4, -0.2) is 12.1 Å². The van der Waals surface area contributed by atoms with Crippen molar-refractivity contribution in [2.75, 3.05) is 10.1 Å². The van der Waals surface area contributed by atoms with Crippen molar-refractivity contribution in [2.24, 2.45) is 0 Å². The number of nitrogens with zero attached hydrogens (tertiary/aromatic N) is 2. The van der Waals surface area contributed by atoms with Gasteiger partial charge in [-0.25, -0.2) is 10.1 Å². The van der Waals surface area contributed by atoms with Crippen molar-refractivity contribution in [1.82, 2.24) is 0 Å². The predicted octanol–water partition coefficient (Wildman–Crippen LogP) is 5.14. The number of benzene rings is 4. The van der Waals surface area contributed by atoms with Crippen LogP contribution < -0.4 is 10.1 Å². The van der Waals surface area contributed by atoms with Crippen molar-refractivity contribution in [3.63, 3.8) is 0 Å². The number of para-hydroxylation sites is 2. The Morgan fingerprint density at radius 1 is 0.469 bits per heavy atom. The van der Waals surface area contributed by atoms with Crippen molar-refractivity contribution >= 4 is 11.4 Å². The fourth-order valence-electron chi connectivity index (χ4n) is 6.47. The smallest absolute Gasteiger partial charge is 0.173 e. The van der Waals surface area contributed by atoms with Gasteiger partial charge in [0.05, 0.1) is 11.4 Å². The minimum Gasteiger partial charge on any atom is -0.254 e. The number of hydrogen-bond acceptors (Lipinski definition) is 4. The van der Waals surface area contributed by atoms with Gasteiger partial charge in [-0.05, 0) is 23.3 Å². The second-order valence-electron chi connectivity index (χ2n) is 8.96. The lowest BCUT2D eigenvalue weighted by Crippen LogP contribution is -2.45. The van der Waals surface area contributed by atoms with Crippen LogP contribution in [0.2, 0.25) is 0 Å². The van der Waals surface area contributed by atoms with Crippen molar-refractivity contribution < 1.29 is 9.68 Å². The molecule has 4 aromatic carbocycles. The molecule has 0 bridgehead atoms. The van der Waals surface area contributed by atoms with Crippen LogP contribution in [-0.2, 0) is 20.9 Å². The number of anilines is 2. The van der Waals surface area contributed by atoms with Gasteiger partial charge in [0.25, 0.3) is 0 Å². The molecule has 4 aliphatic rings. The fraction of sp³-hybridized carbons (Fsp3) is 0.143. The molecule has 4 unspecified atom stereocenters. The summed E-state index contributed by atoms with van der Waals surface area (Å²) >= 11 is 0. The van der Waals surface area contributed by atoms with Crippen LogP contribution in [0, 0.1) is 0 Å². The zero-order valence-corrected chi connectivity index (χ0v) is 17.3. The average molecular weight is 416 g/mol. The molecule has 0 aliphatic carbocycles. The van der Waals surface area contributed by atoms with Gasteiger partial charge in [0.15, 0.2) is 11.2 Å². The van der Waals surface area contributed by atoms with E-state index in [9.17, 15) is 0 Å². The Morgan fingerprint density at radius 2 is 0.844 bits per heavy atom. The van der Waals surface area contributed by atoms with Gasteiger partial charge >= 0.3 is 0 Å². The molecule has 32 heavy (non-hydrogen) atoms. The minimum atomic E-state index is -0.632. The Kier molecular flexibility index (Phi) is 2.98. The van der Waals surface area contributed by atoms with Crippen LogP contribution in [0.25, 0.3) is 0 Å². The molecule has 4 aliphatic heterocycles. The molecule has 154 valence electrons. The first-order chi connectivity index (χ1) is 15.9. The lowest BCUT2D eigenvalue weighted by atomic mass is 9.74. The van der Waals surface area contributed by atoms with Crippen LogP contribution in [0.1, 0.15) is 22.3 Å². The molecule has 4 aromatic rings. The fourth-order valence-corrected chi connectivity index (χ4v) is 6.47. The summed E-state index contributed by atoms with van der Waals surface area (Å²) in [6.07, 6.45) is 0. The van der Waals surface area contributed by atoms with E-state index in [2.05, 4.69) is 119 Å². The summed E-state index contributed by atoms with van der Waals surface area (Å²) in [5.41, 5.74) is 5.53. The molecular formula is C28H20N2O2. The van der Waals surface area contributed by atoms with Gasteiger partial charge in [0, 0.05) is 11.1 Å². The first kappa shape index (κ1) is 17.0. The second kappa shape index (κ2) is 5.60. The monoisotopic (exact) mass is 416 g/mol. The average Bonchev–Trinajstić information content (AvgIpc) is 3.56. The van der Waals surface area contributed by atoms with E-state index in [1.807, 2.05) is 0 Å². The summed E-state index contributed by atoms with van der Waals surface area (Å²) in [4.78, 5) is 14.2. The Hall–Kier alpha value is -3.60. The van der Waals surface area contributed by atoms with Crippen LogP contribution in [0.4, 0.5) is 11.4 Å². The van der Waals surface area contributed by atoms with Crippen LogP contribution >= 0.6 is 0 Å². The topological polar surface area (TPSA) is 24.9 Å². The molecule has 4 heteroatoms. The van der Waals surface area contributed by atoms with Crippen molar-refractivity contribution in [3.05, 3.63) is 131 Å². The van der Waals surface area contributed by atoms with Crippen LogP contribution in [0.15, 0.2) is 109 Å². The van der Waals surface area contributed by atoms with E-state index in [0.29, 0.717) is 0 Å². The Morgan fingerprint density at radius 3 is 1.28 bits per heavy atom. The Labute approximate surface area is 186 Å². The highest BCUT2D eigenvalue weighted by Crippen LogP contribution is 2.68. The maximum absolute atomic E-state index is 7.09. The molecule has 2 saturated heterocycles. The van der Waals surface area contributed by atoms with Crippen LogP contribution in [0.5, 0.6) is 0 Å². The van der Waals surface area contributed by atoms with Gasteiger partial charge in [-0.2, -0.15) is 0 Å². The minimum absolute atomic E-state index is 0.0186. The summed E-state index contributed by atoms with van der Waals surface area (Å²) in [5, 5.41) is 4.27. The first-order valence-electron chi connectivity index (χ1n) is 11.1. The molecule has 4 atom stereocenters. The summed E-state index contributed by atoms with van der Waals surface area (Å²) < 4.78 is 0. The first-order valence-corrected chi connectivity index (χ1v) is 11.1. The van der Waals surface area contributed by atoms with Gasteiger partial charge in [-0.3, -0.25) is 9.68 Å². The SMILES string of the molecule is c1ccc(C23ON4c5ccccc5C5(c6ccccc6)ON(c6ccccc62)C3C45)cc1. The molecule has 0 radical (unpaired) electrons. The Balaban J connectivity index is 1.47. The quantitative estimate of drug-likeness (QED) is 0.452. The van der Waals surface area contributed by atoms with Crippen molar-refractivity contribution in [3.8, 4) is 0 Å². The summed E-state index contributed by atoms with van der Waals surface area (Å²) in [5.74, 6) is 0. The molecule has 4 heterocycles. The van der Waals surface area contributed by atoms with Gasteiger partial charge in [-0.15, -0.1) is 0 Å². The number of fused-ring (bicyclic) bond motifs is 6. The number of hydroxylamine groups is 2. The highest BCUT2D eigenvalue weighted by atomic mass is 16.8. The third kappa shape index (κ3) is 1.69. The molecule has 0 saturated carbocycles. The largest absolute Gasteiger partial charge is 0.254 e. The summed E-state index contributed by atoms with van der Waals surface area (Å²) in [7, 11) is 0. The molecule has 2 fully saturated rings. The third-order valence-corrected chi connectivity index (χ3v) is 7.61. The van der Waals surface area contributed by atoms with E-state index < -0.39 is 11.2 Å². The number of hydrogen-bond donors (Lipinski definition) is 0. The van der Waals surface area contributed by atoms with E-state index >= 15 is 0 Å². The van der Waals surface area contributed by atoms with E-state index in [4.69, 9.17) is 9.68 Å². The third-order valence-electron chi connectivity index (χ3n) is 7.61. The van der Waals surface area contributed by atoms with Gasteiger partial charge in [-0.1, -0.05) is 97.1 Å². The zero-order chi connectivity index (χ0) is 20.9.